The molecule has 1 saturated heterocycles. The van der Waals surface area contributed by atoms with E-state index in [0.29, 0.717) is 6.42 Å². The maximum atomic E-state index is 13.8. The van der Waals surface area contributed by atoms with Crippen LogP contribution in [0, 0.1) is 23.2 Å². The second kappa shape index (κ2) is 11.4. The zero-order chi connectivity index (χ0) is 29.3. The van der Waals surface area contributed by atoms with Gasteiger partial charge in [-0.2, -0.15) is 0 Å². The molecule has 3 rings (SSSR count). The molecule has 0 spiro atoms. The maximum Gasteiger partial charge on any atom is 0.315 e. The van der Waals surface area contributed by atoms with Gasteiger partial charge in [-0.25, -0.2) is 4.79 Å². The first kappa shape index (κ1) is 30.1. The van der Waals surface area contributed by atoms with Crippen LogP contribution in [0.15, 0.2) is 12.7 Å². The third-order valence-corrected chi connectivity index (χ3v) is 8.19. The molecule has 2 unspecified atom stereocenters. The van der Waals surface area contributed by atoms with Crippen LogP contribution in [0.4, 0.5) is 4.79 Å². The van der Waals surface area contributed by atoms with Crippen LogP contribution in [0.1, 0.15) is 60.3 Å². The van der Waals surface area contributed by atoms with E-state index >= 15 is 0 Å². The van der Waals surface area contributed by atoms with Gasteiger partial charge in [-0.05, 0) is 56.4 Å². The van der Waals surface area contributed by atoms with Crippen LogP contribution in [0.25, 0.3) is 0 Å². The quantitative estimate of drug-likeness (QED) is 0.179. The Balaban J connectivity index is 1.82. The van der Waals surface area contributed by atoms with E-state index in [1.165, 1.54) is 4.90 Å². The molecular formula is C27H42N6O6. The molecule has 6 N–H and O–H groups in total. The third-order valence-electron chi connectivity index (χ3n) is 8.19. The van der Waals surface area contributed by atoms with Gasteiger partial charge in [0.15, 0.2) is 0 Å². The predicted molar refractivity (Wildman–Crippen MR) is 143 cm³/mol. The highest BCUT2D eigenvalue weighted by Gasteiger charge is 2.69. The molecule has 3 fully saturated rings. The molecular weight excluding hydrogens is 504 g/mol. The van der Waals surface area contributed by atoms with Gasteiger partial charge in [-0.15, -0.1) is 0 Å². The number of likely N-dealkylation sites (tertiary alicyclic amines) is 1. The summed E-state index contributed by atoms with van der Waals surface area (Å²) >= 11 is 0. The molecule has 0 aromatic heterocycles. The Morgan fingerprint density at radius 3 is 2.23 bits per heavy atom. The fourth-order valence-corrected chi connectivity index (χ4v) is 5.75. The summed E-state index contributed by atoms with van der Waals surface area (Å²) in [6, 6.07) is -3.74. The molecule has 12 heteroatoms. The van der Waals surface area contributed by atoms with Crippen LogP contribution < -0.4 is 27.0 Å². The van der Waals surface area contributed by atoms with Crippen molar-refractivity contribution >= 4 is 35.4 Å². The summed E-state index contributed by atoms with van der Waals surface area (Å²) in [4.78, 5) is 77.6. The maximum absolute atomic E-state index is 13.8. The first-order chi connectivity index (χ1) is 18.1. The summed E-state index contributed by atoms with van der Waals surface area (Å²) in [6.07, 6.45) is 4.21. The molecule has 1 aliphatic heterocycles. The molecule has 1 heterocycles. The Morgan fingerprint density at radius 1 is 1.08 bits per heavy atom. The lowest BCUT2D eigenvalue weighted by atomic mass is 9.80. The molecule has 5 atom stereocenters. The van der Waals surface area contributed by atoms with Gasteiger partial charge in [0, 0.05) is 18.6 Å². The van der Waals surface area contributed by atoms with Crippen LogP contribution in [0.2, 0.25) is 0 Å². The smallest absolute Gasteiger partial charge is 0.315 e. The van der Waals surface area contributed by atoms with Crippen LogP contribution in [-0.2, 0) is 24.0 Å². The van der Waals surface area contributed by atoms with E-state index in [2.05, 4.69) is 27.8 Å². The summed E-state index contributed by atoms with van der Waals surface area (Å²) in [5.74, 6) is -3.47. The summed E-state index contributed by atoms with van der Waals surface area (Å²) in [5.41, 5.74) is 4.48. The van der Waals surface area contributed by atoms with E-state index in [4.69, 9.17) is 5.73 Å². The van der Waals surface area contributed by atoms with Gasteiger partial charge in [0.2, 0.25) is 23.5 Å². The Kier molecular flexibility index (Phi) is 8.76. The van der Waals surface area contributed by atoms with E-state index in [9.17, 15) is 28.8 Å². The zero-order valence-electron chi connectivity index (χ0n) is 23.5. The Bertz CT molecular complexity index is 1050. The number of nitrogens with two attached hydrogens (primary N) is 1. The van der Waals surface area contributed by atoms with Gasteiger partial charge >= 0.3 is 6.03 Å². The van der Waals surface area contributed by atoms with Crippen molar-refractivity contribution in [1.82, 2.24) is 26.2 Å². The van der Waals surface area contributed by atoms with Crippen LogP contribution in [0.3, 0.4) is 0 Å². The fraction of sp³-hybridized carbons (Fsp3) is 0.704. The summed E-state index contributed by atoms with van der Waals surface area (Å²) in [7, 11) is 0. The van der Waals surface area contributed by atoms with Crippen molar-refractivity contribution in [2.24, 2.45) is 28.9 Å². The molecule has 216 valence electrons. The molecule has 3 aliphatic rings. The fourth-order valence-electron chi connectivity index (χ4n) is 5.75. The number of urea groups is 1. The second-order valence-electron chi connectivity index (χ2n) is 12.6. The zero-order valence-corrected chi connectivity index (χ0v) is 23.5. The minimum Gasteiger partial charge on any atom is -0.363 e. The highest BCUT2D eigenvalue weighted by atomic mass is 16.2. The van der Waals surface area contributed by atoms with Gasteiger partial charge in [-0.1, -0.05) is 39.7 Å². The van der Waals surface area contributed by atoms with Crippen molar-refractivity contribution < 1.29 is 28.8 Å². The van der Waals surface area contributed by atoms with Crippen molar-refractivity contribution in [2.45, 2.75) is 84.0 Å². The number of piperidine rings is 1. The van der Waals surface area contributed by atoms with Crippen molar-refractivity contribution in [2.75, 3.05) is 13.1 Å². The number of carbonyl (C=O) groups excluding carboxylic acids is 6. The molecule has 0 aromatic carbocycles. The number of carbonyl (C=O) groups is 6. The van der Waals surface area contributed by atoms with Gasteiger partial charge in [0.25, 0.3) is 5.91 Å². The lowest BCUT2D eigenvalue weighted by molar-refractivity contribution is -0.143. The van der Waals surface area contributed by atoms with E-state index in [1.807, 2.05) is 13.8 Å². The number of hydrogen-bond donors (Lipinski definition) is 5. The van der Waals surface area contributed by atoms with Crippen molar-refractivity contribution in [1.29, 1.82) is 0 Å². The van der Waals surface area contributed by atoms with Gasteiger partial charge in [-0.3, -0.25) is 24.0 Å². The van der Waals surface area contributed by atoms with E-state index in [1.54, 1.807) is 20.8 Å². The molecule has 0 radical (unpaired) electrons. The van der Waals surface area contributed by atoms with Crippen molar-refractivity contribution in [3.05, 3.63) is 12.7 Å². The average Bonchev–Trinajstić information content (AvgIpc) is 3.14. The highest BCUT2D eigenvalue weighted by molar-refractivity contribution is 6.37. The van der Waals surface area contributed by atoms with E-state index in [-0.39, 0.29) is 36.3 Å². The second-order valence-corrected chi connectivity index (χ2v) is 12.6. The first-order valence-electron chi connectivity index (χ1n) is 13.5. The largest absolute Gasteiger partial charge is 0.363 e. The average molecular weight is 547 g/mol. The predicted octanol–water partition coefficient (Wildman–Crippen LogP) is -0.0327. The van der Waals surface area contributed by atoms with Crippen molar-refractivity contribution in [3.63, 3.8) is 0 Å². The van der Waals surface area contributed by atoms with E-state index < -0.39 is 59.1 Å². The number of hydrogen-bond acceptors (Lipinski definition) is 6. The number of Topliss-reactive ketones (excluding diaryl/α,β-unsaturated/α-hetero) is 1. The Hall–Kier alpha value is -3.44. The lowest BCUT2D eigenvalue weighted by Crippen LogP contribution is -2.61. The molecule has 6 amide bonds. The molecule has 12 nitrogen and oxygen atoms in total. The number of amides is 6. The van der Waals surface area contributed by atoms with Crippen LogP contribution >= 0.6 is 0 Å². The number of ketones is 1. The topological polar surface area (TPSA) is 180 Å². The van der Waals surface area contributed by atoms with Crippen LogP contribution in [0.5, 0.6) is 0 Å². The SMILES string of the molecule is C=CC(=O)NC[C@H](NC(=O)NC(C)(C)C)C(=O)N1C[C@H]2C([C@H]1C(=O)NC(CC1CCC1)C(=O)C(N)=O)C2(C)C. The van der Waals surface area contributed by atoms with Gasteiger partial charge < -0.3 is 31.9 Å². The third kappa shape index (κ3) is 6.96. The Labute approximate surface area is 229 Å². The summed E-state index contributed by atoms with van der Waals surface area (Å²) in [6.45, 7) is 12.9. The van der Waals surface area contributed by atoms with Gasteiger partial charge in [0.1, 0.15) is 12.1 Å². The molecule has 0 bridgehead atoms. The molecule has 0 aromatic rings. The number of fused-ring (bicyclic) bond motifs is 1. The van der Waals surface area contributed by atoms with E-state index in [0.717, 1.165) is 25.3 Å². The minimum absolute atomic E-state index is 0.0425. The number of primary amides is 1. The minimum atomic E-state index is -1.16. The van der Waals surface area contributed by atoms with Gasteiger partial charge in [0.05, 0.1) is 6.04 Å². The number of nitrogens with zero attached hydrogens (tertiary/aromatic N) is 1. The number of nitrogens with one attached hydrogen (secondary N) is 4. The van der Waals surface area contributed by atoms with Crippen molar-refractivity contribution in [3.8, 4) is 0 Å². The lowest BCUT2D eigenvalue weighted by Gasteiger charge is -2.35. The Morgan fingerprint density at radius 2 is 1.72 bits per heavy atom. The highest BCUT2D eigenvalue weighted by Crippen LogP contribution is 2.64. The molecule has 39 heavy (non-hydrogen) atoms. The summed E-state index contributed by atoms with van der Waals surface area (Å²) in [5, 5.41) is 10.6. The standard InChI is InChI=1S/C27H42N6O6/c1-7-18(34)29-12-17(31-25(39)32-26(2,3)4)24(38)33-13-15-19(27(15,5)6)20(33)23(37)30-16(21(35)22(28)36)11-14-9-8-10-14/h7,14-17,19-20H,1,8-13H2,2-6H3,(H2,28,36)(H,29,34)(H,30,37)(H2,31,32,39)/t15-,16?,17-,19?,20-/m0/s1. The molecule has 2 aliphatic carbocycles. The normalized spacial score (nSPS) is 24.7. The first-order valence-corrected chi connectivity index (χ1v) is 13.5. The monoisotopic (exact) mass is 546 g/mol. The molecule has 2 saturated carbocycles. The summed E-state index contributed by atoms with van der Waals surface area (Å²) < 4.78 is 0. The van der Waals surface area contributed by atoms with Crippen LogP contribution in [-0.4, -0.2) is 77.1 Å². The number of rotatable bonds is 11.